The van der Waals surface area contributed by atoms with Gasteiger partial charge in [-0.15, -0.1) is 0 Å². The van der Waals surface area contributed by atoms with Gasteiger partial charge in [0.15, 0.2) is 5.03 Å². The number of rotatable bonds is 6. The van der Waals surface area contributed by atoms with E-state index in [1.165, 1.54) is 16.9 Å². The lowest BCUT2D eigenvalue weighted by Gasteiger charge is -2.28. The van der Waals surface area contributed by atoms with Gasteiger partial charge < -0.3 is 5.11 Å². The fraction of sp³-hybridized carbons (Fsp3) is 0.692. The first-order valence-corrected chi connectivity index (χ1v) is 8.14. The minimum Gasteiger partial charge on any atom is -0.480 e. The van der Waals surface area contributed by atoms with Crippen LogP contribution in [0.1, 0.15) is 40.7 Å². The van der Waals surface area contributed by atoms with E-state index < -0.39 is 22.5 Å². The van der Waals surface area contributed by atoms with E-state index in [0.29, 0.717) is 0 Å². The van der Waals surface area contributed by atoms with E-state index in [1.807, 2.05) is 34.6 Å². The normalized spacial score (nSPS) is 13.1. The van der Waals surface area contributed by atoms with Gasteiger partial charge in [0.2, 0.25) is 0 Å². The average Bonchev–Trinajstić information content (AvgIpc) is 2.74. The molecule has 0 saturated carbocycles. The maximum absolute atomic E-state index is 12.7. The van der Waals surface area contributed by atoms with Crippen molar-refractivity contribution in [3.05, 3.63) is 12.3 Å². The number of carboxylic acid groups (broad SMARTS) is 1. The molecule has 1 heterocycles. The lowest BCUT2D eigenvalue weighted by atomic mass is 9.97. The first kappa shape index (κ1) is 17.6. The lowest BCUT2D eigenvalue weighted by molar-refractivity contribution is -0.137. The molecule has 7 nitrogen and oxygen atoms in total. The molecule has 0 amide bonds. The standard InChI is InChI=1S/C13H23N3O4S/c1-10(2)16-11(6-7-14-16)21(19,20)15(8-12(17)18)9-13(3,4)5/h6-7,10H,8-9H2,1-5H3,(H,17,18). The number of carbonyl (C=O) groups is 1. The SMILES string of the molecule is CC(C)n1nccc1S(=O)(=O)N(CC(=O)O)CC(C)(C)C. The average molecular weight is 317 g/mol. The van der Waals surface area contributed by atoms with Gasteiger partial charge >= 0.3 is 5.97 Å². The van der Waals surface area contributed by atoms with Crippen LogP contribution in [0, 0.1) is 5.41 Å². The summed E-state index contributed by atoms with van der Waals surface area (Å²) in [6, 6.07) is 1.26. The third kappa shape index (κ3) is 4.53. The van der Waals surface area contributed by atoms with Crippen LogP contribution in [0.25, 0.3) is 0 Å². The molecule has 1 rings (SSSR count). The van der Waals surface area contributed by atoms with E-state index >= 15 is 0 Å². The largest absolute Gasteiger partial charge is 0.480 e. The molecule has 21 heavy (non-hydrogen) atoms. The minimum atomic E-state index is -3.91. The molecule has 120 valence electrons. The summed E-state index contributed by atoms with van der Waals surface area (Å²) in [4.78, 5) is 11.0. The number of carboxylic acids is 1. The molecular weight excluding hydrogens is 294 g/mol. The van der Waals surface area contributed by atoms with Crippen molar-refractivity contribution in [2.75, 3.05) is 13.1 Å². The second-order valence-corrected chi connectivity index (χ2v) is 8.32. The quantitative estimate of drug-likeness (QED) is 0.860. The number of hydrogen-bond acceptors (Lipinski definition) is 4. The van der Waals surface area contributed by atoms with Crippen LogP contribution in [0.15, 0.2) is 17.3 Å². The maximum Gasteiger partial charge on any atom is 0.318 e. The summed E-state index contributed by atoms with van der Waals surface area (Å²) < 4.78 is 27.8. The molecular formula is C13H23N3O4S. The third-order valence-corrected chi connectivity index (χ3v) is 4.48. The van der Waals surface area contributed by atoms with E-state index in [4.69, 9.17) is 5.11 Å². The van der Waals surface area contributed by atoms with Gasteiger partial charge in [-0.25, -0.2) is 8.42 Å². The molecule has 0 unspecified atom stereocenters. The summed E-state index contributed by atoms with van der Waals surface area (Å²) in [6.45, 7) is 8.76. The molecule has 0 aromatic carbocycles. The fourth-order valence-corrected chi connectivity index (χ4v) is 3.76. The van der Waals surface area contributed by atoms with E-state index in [-0.39, 0.29) is 23.0 Å². The van der Waals surface area contributed by atoms with Crippen LogP contribution in [0.4, 0.5) is 0 Å². The number of hydrogen-bond donors (Lipinski definition) is 1. The van der Waals surface area contributed by atoms with Crippen molar-refractivity contribution in [1.82, 2.24) is 14.1 Å². The molecule has 1 aromatic heterocycles. The van der Waals surface area contributed by atoms with Crippen molar-refractivity contribution in [2.24, 2.45) is 5.41 Å². The third-order valence-electron chi connectivity index (χ3n) is 2.69. The molecule has 0 atom stereocenters. The van der Waals surface area contributed by atoms with Crippen LogP contribution < -0.4 is 0 Å². The second kappa shape index (κ2) is 6.15. The van der Waals surface area contributed by atoms with Crippen molar-refractivity contribution < 1.29 is 18.3 Å². The topological polar surface area (TPSA) is 92.5 Å². The summed E-state index contributed by atoms with van der Waals surface area (Å²) in [5, 5.41) is 13.0. The van der Waals surface area contributed by atoms with Gasteiger partial charge in [-0.2, -0.15) is 9.40 Å². The van der Waals surface area contributed by atoms with Crippen LogP contribution in [0.5, 0.6) is 0 Å². The molecule has 0 aliphatic rings. The van der Waals surface area contributed by atoms with Gasteiger partial charge in [-0.1, -0.05) is 20.8 Å². The van der Waals surface area contributed by atoms with Crippen LogP contribution in [-0.2, 0) is 14.8 Å². The first-order chi connectivity index (χ1) is 9.45. The zero-order chi connectivity index (χ0) is 16.4. The number of aliphatic carboxylic acids is 1. The van der Waals surface area contributed by atoms with Gasteiger partial charge in [0, 0.05) is 12.6 Å². The first-order valence-electron chi connectivity index (χ1n) is 6.70. The predicted molar refractivity (Wildman–Crippen MR) is 78.5 cm³/mol. The molecule has 1 N–H and O–H groups in total. The number of aromatic nitrogens is 2. The fourth-order valence-electron chi connectivity index (χ4n) is 1.93. The molecule has 0 bridgehead atoms. The Labute approximate surface area is 125 Å². The Morgan fingerprint density at radius 1 is 1.43 bits per heavy atom. The predicted octanol–water partition coefficient (Wildman–Crippen LogP) is 1.59. The summed E-state index contributed by atoms with van der Waals surface area (Å²) >= 11 is 0. The Kier molecular flexibility index (Phi) is 5.16. The summed E-state index contributed by atoms with van der Waals surface area (Å²) in [7, 11) is -3.91. The van der Waals surface area contributed by atoms with Gasteiger partial charge in [0.25, 0.3) is 10.0 Å². The Hall–Kier alpha value is -1.41. The van der Waals surface area contributed by atoms with E-state index in [2.05, 4.69) is 5.10 Å². The summed E-state index contributed by atoms with van der Waals surface area (Å²) in [5.41, 5.74) is -0.356. The van der Waals surface area contributed by atoms with Gasteiger partial charge in [0.1, 0.15) is 6.54 Å². The Balaban J connectivity index is 3.26. The van der Waals surface area contributed by atoms with Crippen LogP contribution in [0.3, 0.4) is 0 Å². The van der Waals surface area contributed by atoms with Gasteiger partial charge in [0.05, 0.1) is 6.20 Å². The van der Waals surface area contributed by atoms with E-state index in [1.54, 1.807) is 0 Å². The highest BCUT2D eigenvalue weighted by molar-refractivity contribution is 7.89. The smallest absolute Gasteiger partial charge is 0.318 e. The monoisotopic (exact) mass is 317 g/mol. The number of nitrogens with zero attached hydrogens (tertiary/aromatic N) is 3. The highest BCUT2D eigenvalue weighted by atomic mass is 32.2. The van der Waals surface area contributed by atoms with E-state index in [0.717, 1.165) is 4.31 Å². The van der Waals surface area contributed by atoms with Crippen molar-refractivity contribution in [3.63, 3.8) is 0 Å². The van der Waals surface area contributed by atoms with E-state index in [9.17, 15) is 13.2 Å². The summed E-state index contributed by atoms with van der Waals surface area (Å²) in [6.07, 6.45) is 1.41. The minimum absolute atomic E-state index is 0.0167. The highest BCUT2D eigenvalue weighted by Crippen LogP contribution is 2.23. The zero-order valence-corrected chi connectivity index (χ0v) is 13.9. The van der Waals surface area contributed by atoms with Crippen molar-refractivity contribution in [2.45, 2.75) is 45.7 Å². The van der Waals surface area contributed by atoms with Crippen molar-refractivity contribution in [1.29, 1.82) is 0 Å². The zero-order valence-electron chi connectivity index (χ0n) is 13.1. The maximum atomic E-state index is 12.7. The number of sulfonamides is 1. The van der Waals surface area contributed by atoms with Crippen LogP contribution >= 0.6 is 0 Å². The Morgan fingerprint density at radius 2 is 2.00 bits per heavy atom. The van der Waals surface area contributed by atoms with Gasteiger partial charge in [-0.05, 0) is 25.3 Å². The van der Waals surface area contributed by atoms with Crippen molar-refractivity contribution >= 4 is 16.0 Å². The molecule has 0 saturated heterocycles. The highest BCUT2D eigenvalue weighted by Gasteiger charge is 2.33. The lowest BCUT2D eigenvalue weighted by Crippen LogP contribution is -2.41. The molecule has 0 spiro atoms. The molecule has 0 aliphatic carbocycles. The van der Waals surface area contributed by atoms with Crippen molar-refractivity contribution in [3.8, 4) is 0 Å². The molecule has 0 fully saturated rings. The Morgan fingerprint density at radius 3 is 2.43 bits per heavy atom. The van der Waals surface area contributed by atoms with Crippen LogP contribution in [-0.4, -0.2) is 46.7 Å². The van der Waals surface area contributed by atoms with Crippen LogP contribution in [0.2, 0.25) is 0 Å². The second-order valence-electron chi connectivity index (χ2n) is 6.44. The summed E-state index contributed by atoms with van der Waals surface area (Å²) in [5.74, 6) is -1.18. The molecule has 1 aromatic rings. The molecule has 8 heteroatoms. The molecule has 0 aliphatic heterocycles. The molecule has 0 radical (unpaired) electrons. The van der Waals surface area contributed by atoms with Gasteiger partial charge in [-0.3, -0.25) is 9.48 Å². The Bertz CT molecular complexity index is 599.